The van der Waals surface area contributed by atoms with Crippen molar-refractivity contribution in [3.05, 3.63) is 16.1 Å². The van der Waals surface area contributed by atoms with Gasteiger partial charge in [-0.3, -0.25) is 0 Å². The number of hydrogen-bond acceptors (Lipinski definition) is 3. The Balaban J connectivity index is 2.38. The first kappa shape index (κ1) is 8.99. The number of nitrogens with zero attached hydrogens (tertiary/aromatic N) is 1. The Bertz CT molecular complexity index is 271. The average molecular weight is 185 g/mol. The summed E-state index contributed by atoms with van der Waals surface area (Å²) < 4.78 is 0. The molecule has 0 unspecified atom stereocenters. The Morgan fingerprint density at radius 1 is 1.75 bits per heavy atom. The van der Waals surface area contributed by atoms with Crippen LogP contribution in [0.5, 0.6) is 0 Å². The highest BCUT2D eigenvalue weighted by atomic mass is 32.1. The molecule has 1 aromatic heterocycles. The van der Waals surface area contributed by atoms with E-state index in [9.17, 15) is 4.79 Å². The minimum absolute atomic E-state index is 0.178. The number of thiazole rings is 1. The number of aryl methyl sites for hydroxylation is 1. The van der Waals surface area contributed by atoms with Crippen molar-refractivity contribution in [2.75, 3.05) is 7.05 Å². The third kappa shape index (κ3) is 2.50. The van der Waals surface area contributed by atoms with Gasteiger partial charge in [-0.2, -0.15) is 0 Å². The molecule has 0 aliphatic rings. The van der Waals surface area contributed by atoms with Gasteiger partial charge < -0.3 is 10.6 Å². The summed E-state index contributed by atoms with van der Waals surface area (Å²) in [5.74, 6) is 0. The summed E-state index contributed by atoms with van der Waals surface area (Å²) in [5, 5.41) is 6.06. The molecule has 1 heterocycles. The van der Waals surface area contributed by atoms with Gasteiger partial charge in [0, 0.05) is 18.1 Å². The second kappa shape index (κ2) is 4.06. The van der Waals surface area contributed by atoms with E-state index in [2.05, 4.69) is 15.6 Å². The molecule has 0 aliphatic carbocycles. The first-order valence-electron chi connectivity index (χ1n) is 3.59. The fourth-order valence-corrected chi connectivity index (χ4v) is 1.45. The average Bonchev–Trinajstić information content (AvgIpc) is 2.47. The van der Waals surface area contributed by atoms with Crippen molar-refractivity contribution >= 4 is 17.4 Å². The zero-order valence-corrected chi connectivity index (χ0v) is 7.86. The van der Waals surface area contributed by atoms with Gasteiger partial charge in [0.05, 0.1) is 6.54 Å². The van der Waals surface area contributed by atoms with Crippen molar-refractivity contribution < 1.29 is 4.79 Å². The molecule has 66 valence electrons. The second-order valence-electron chi connectivity index (χ2n) is 2.30. The van der Waals surface area contributed by atoms with E-state index in [0.29, 0.717) is 6.54 Å². The van der Waals surface area contributed by atoms with Gasteiger partial charge in [-0.05, 0) is 6.92 Å². The van der Waals surface area contributed by atoms with E-state index in [4.69, 9.17) is 0 Å². The Morgan fingerprint density at radius 3 is 3.00 bits per heavy atom. The van der Waals surface area contributed by atoms with Gasteiger partial charge in [-0.25, -0.2) is 9.78 Å². The number of hydrogen-bond donors (Lipinski definition) is 2. The fourth-order valence-electron chi connectivity index (χ4n) is 0.727. The molecule has 0 saturated carbocycles. The van der Waals surface area contributed by atoms with Crippen LogP contribution in [-0.4, -0.2) is 18.1 Å². The van der Waals surface area contributed by atoms with Gasteiger partial charge in [0.25, 0.3) is 0 Å². The standard InChI is InChI=1S/C7H11N3OS/c1-5-3-9-6(12-5)4-10-7(11)8-2/h3H,4H2,1-2H3,(H2,8,10,11). The smallest absolute Gasteiger partial charge is 0.314 e. The number of carbonyl (C=O) groups excluding carboxylic acids is 1. The molecule has 12 heavy (non-hydrogen) atoms. The van der Waals surface area contributed by atoms with E-state index >= 15 is 0 Å². The van der Waals surface area contributed by atoms with Gasteiger partial charge in [0.2, 0.25) is 0 Å². The van der Waals surface area contributed by atoms with Crippen LogP contribution in [-0.2, 0) is 6.54 Å². The summed E-state index contributed by atoms with van der Waals surface area (Å²) in [7, 11) is 1.59. The van der Waals surface area contributed by atoms with Crippen LogP contribution >= 0.6 is 11.3 Å². The van der Waals surface area contributed by atoms with Crippen LogP contribution in [0.3, 0.4) is 0 Å². The van der Waals surface area contributed by atoms with Crippen molar-refractivity contribution in [2.24, 2.45) is 0 Å². The molecule has 0 bridgehead atoms. The maximum Gasteiger partial charge on any atom is 0.314 e. The molecule has 1 rings (SSSR count). The van der Waals surface area contributed by atoms with E-state index < -0.39 is 0 Å². The summed E-state index contributed by atoms with van der Waals surface area (Å²) in [5.41, 5.74) is 0. The first-order valence-corrected chi connectivity index (χ1v) is 4.41. The van der Waals surface area contributed by atoms with Gasteiger partial charge in [-0.1, -0.05) is 0 Å². The van der Waals surface area contributed by atoms with Crippen molar-refractivity contribution in [3.63, 3.8) is 0 Å². The number of rotatable bonds is 2. The lowest BCUT2D eigenvalue weighted by Crippen LogP contribution is -2.31. The second-order valence-corrected chi connectivity index (χ2v) is 3.62. The first-order chi connectivity index (χ1) is 5.72. The van der Waals surface area contributed by atoms with Crippen molar-refractivity contribution in [2.45, 2.75) is 13.5 Å². The fraction of sp³-hybridized carbons (Fsp3) is 0.429. The molecule has 1 aromatic rings. The van der Waals surface area contributed by atoms with Gasteiger partial charge in [-0.15, -0.1) is 11.3 Å². The summed E-state index contributed by atoms with van der Waals surface area (Å²) in [6.07, 6.45) is 1.80. The van der Waals surface area contributed by atoms with Crippen molar-refractivity contribution in [1.29, 1.82) is 0 Å². The number of amides is 2. The zero-order chi connectivity index (χ0) is 8.97. The van der Waals surface area contributed by atoms with Crippen LogP contribution in [0.25, 0.3) is 0 Å². The normalized spacial score (nSPS) is 9.50. The maximum absolute atomic E-state index is 10.7. The van der Waals surface area contributed by atoms with Crippen LogP contribution < -0.4 is 10.6 Å². The van der Waals surface area contributed by atoms with Crippen molar-refractivity contribution in [3.8, 4) is 0 Å². The summed E-state index contributed by atoms with van der Waals surface area (Å²) in [6, 6.07) is -0.178. The van der Waals surface area contributed by atoms with E-state index in [1.807, 2.05) is 6.92 Å². The van der Waals surface area contributed by atoms with E-state index in [0.717, 1.165) is 9.88 Å². The summed E-state index contributed by atoms with van der Waals surface area (Å²) >= 11 is 1.59. The number of carbonyl (C=O) groups is 1. The van der Waals surface area contributed by atoms with Crippen LogP contribution in [0, 0.1) is 6.92 Å². The molecule has 4 nitrogen and oxygen atoms in total. The Morgan fingerprint density at radius 2 is 2.50 bits per heavy atom. The highest BCUT2D eigenvalue weighted by Gasteiger charge is 1.99. The lowest BCUT2D eigenvalue weighted by atomic mass is 10.6. The highest BCUT2D eigenvalue weighted by Crippen LogP contribution is 2.09. The molecule has 0 saturated heterocycles. The predicted molar refractivity (Wildman–Crippen MR) is 48.1 cm³/mol. The molecular formula is C7H11N3OS. The molecule has 2 N–H and O–H groups in total. The van der Waals surface area contributed by atoms with Crippen LogP contribution in [0.4, 0.5) is 4.79 Å². The summed E-state index contributed by atoms with van der Waals surface area (Å²) in [6.45, 7) is 2.49. The topological polar surface area (TPSA) is 54.0 Å². The van der Waals surface area contributed by atoms with Gasteiger partial charge in [0.15, 0.2) is 0 Å². The maximum atomic E-state index is 10.7. The monoisotopic (exact) mass is 185 g/mol. The molecule has 0 aromatic carbocycles. The predicted octanol–water partition coefficient (Wildman–Crippen LogP) is 0.881. The third-order valence-corrected chi connectivity index (χ3v) is 2.21. The highest BCUT2D eigenvalue weighted by molar-refractivity contribution is 7.11. The zero-order valence-electron chi connectivity index (χ0n) is 7.05. The lowest BCUT2D eigenvalue weighted by Gasteiger charge is -1.99. The van der Waals surface area contributed by atoms with E-state index in [-0.39, 0.29) is 6.03 Å². The van der Waals surface area contributed by atoms with Crippen LogP contribution in [0.2, 0.25) is 0 Å². The Hall–Kier alpha value is -1.10. The lowest BCUT2D eigenvalue weighted by molar-refractivity contribution is 0.242. The largest absolute Gasteiger partial charge is 0.341 e. The van der Waals surface area contributed by atoms with Gasteiger partial charge >= 0.3 is 6.03 Å². The van der Waals surface area contributed by atoms with E-state index in [1.54, 1.807) is 24.6 Å². The van der Waals surface area contributed by atoms with E-state index in [1.165, 1.54) is 0 Å². The molecule has 0 spiro atoms. The molecule has 0 aliphatic heterocycles. The molecule has 2 amide bonds. The van der Waals surface area contributed by atoms with Crippen LogP contribution in [0.1, 0.15) is 9.88 Å². The molecule has 5 heteroatoms. The molecule has 0 fully saturated rings. The molecule has 0 radical (unpaired) electrons. The quantitative estimate of drug-likeness (QED) is 0.718. The SMILES string of the molecule is CNC(=O)NCc1ncc(C)s1. The third-order valence-electron chi connectivity index (χ3n) is 1.30. The van der Waals surface area contributed by atoms with Gasteiger partial charge in [0.1, 0.15) is 5.01 Å². The number of nitrogens with one attached hydrogen (secondary N) is 2. The number of urea groups is 1. The minimum Gasteiger partial charge on any atom is -0.341 e. The number of aromatic nitrogens is 1. The minimum atomic E-state index is -0.178. The molecule has 0 atom stereocenters. The molecular weight excluding hydrogens is 174 g/mol. The summed E-state index contributed by atoms with van der Waals surface area (Å²) in [4.78, 5) is 16.0. The van der Waals surface area contributed by atoms with Crippen LogP contribution in [0.15, 0.2) is 6.20 Å². The Labute approximate surface area is 75.0 Å². The Kier molecular flexibility index (Phi) is 3.04. The van der Waals surface area contributed by atoms with Crippen molar-refractivity contribution in [1.82, 2.24) is 15.6 Å².